The highest BCUT2D eigenvalue weighted by atomic mass is 16.5. The number of carboxylic acids is 1. The third-order valence-electron chi connectivity index (χ3n) is 2.57. The van der Waals surface area contributed by atoms with Crippen molar-refractivity contribution in [1.82, 2.24) is 4.90 Å². The van der Waals surface area contributed by atoms with Crippen LogP contribution >= 0.6 is 0 Å². The zero-order valence-electron chi connectivity index (χ0n) is 8.74. The first-order valence-electron chi connectivity index (χ1n) is 5.27. The molecule has 0 aromatic rings. The maximum atomic E-state index is 10.4. The van der Waals surface area contributed by atoms with Crippen LogP contribution < -0.4 is 0 Å². The van der Waals surface area contributed by atoms with Gasteiger partial charge in [0.1, 0.15) is 0 Å². The molecule has 1 aliphatic rings. The number of carbonyl (C=O) groups is 1. The number of nitrogens with zero attached hydrogens (tertiary/aromatic N) is 1. The van der Waals surface area contributed by atoms with E-state index in [0.29, 0.717) is 6.61 Å². The Morgan fingerprint density at radius 3 is 2.64 bits per heavy atom. The lowest BCUT2D eigenvalue weighted by molar-refractivity contribution is -0.149. The first-order valence-corrected chi connectivity index (χ1v) is 5.27. The molecule has 0 amide bonds. The standard InChI is InChI=1S/C10H19NO3/c1-9(10(12)13)14-8-7-11-5-3-2-4-6-11/h9H,2-8H2,1H3,(H,12,13). The maximum Gasteiger partial charge on any atom is 0.332 e. The van der Waals surface area contributed by atoms with Crippen LogP contribution in [0.5, 0.6) is 0 Å². The normalized spacial score (nSPS) is 20.6. The van der Waals surface area contributed by atoms with E-state index < -0.39 is 12.1 Å². The van der Waals surface area contributed by atoms with Crippen LogP contribution in [0.3, 0.4) is 0 Å². The van der Waals surface area contributed by atoms with Crippen molar-refractivity contribution in [3.05, 3.63) is 0 Å². The molecule has 0 aromatic carbocycles. The summed E-state index contributed by atoms with van der Waals surface area (Å²) in [5.74, 6) is -0.886. The smallest absolute Gasteiger partial charge is 0.332 e. The summed E-state index contributed by atoms with van der Waals surface area (Å²) in [6.45, 7) is 5.21. The van der Waals surface area contributed by atoms with Gasteiger partial charge in [0.05, 0.1) is 6.61 Å². The molecule has 0 spiro atoms. The molecule has 1 unspecified atom stereocenters. The molecule has 0 aromatic heterocycles. The van der Waals surface area contributed by atoms with Crippen molar-refractivity contribution in [1.29, 1.82) is 0 Å². The van der Waals surface area contributed by atoms with Crippen LogP contribution in [0.1, 0.15) is 26.2 Å². The molecule has 14 heavy (non-hydrogen) atoms. The fraction of sp³-hybridized carbons (Fsp3) is 0.900. The minimum Gasteiger partial charge on any atom is -0.479 e. The molecular formula is C10H19NO3. The topological polar surface area (TPSA) is 49.8 Å². The zero-order chi connectivity index (χ0) is 10.4. The average Bonchev–Trinajstić information content (AvgIpc) is 2.19. The fourth-order valence-electron chi connectivity index (χ4n) is 1.61. The SMILES string of the molecule is CC(OCCN1CCCCC1)C(=O)O. The highest BCUT2D eigenvalue weighted by Crippen LogP contribution is 2.07. The van der Waals surface area contributed by atoms with Gasteiger partial charge in [-0.15, -0.1) is 0 Å². The summed E-state index contributed by atoms with van der Waals surface area (Å²) >= 11 is 0. The van der Waals surface area contributed by atoms with Crippen LogP contribution in [-0.4, -0.2) is 48.3 Å². The number of ether oxygens (including phenoxy) is 1. The van der Waals surface area contributed by atoms with Gasteiger partial charge in [0.25, 0.3) is 0 Å². The second kappa shape index (κ2) is 5.98. The summed E-state index contributed by atoms with van der Waals surface area (Å²) in [4.78, 5) is 12.8. The molecule has 0 saturated carbocycles. The summed E-state index contributed by atoms with van der Waals surface area (Å²) < 4.78 is 5.16. The maximum absolute atomic E-state index is 10.4. The van der Waals surface area contributed by atoms with Crippen molar-refractivity contribution in [3.63, 3.8) is 0 Å². The zero-order valence-corrected chi connectivity index (χ0v) is 8.74. The summed E-state index contributed by atoms with van der Waals surface area (Å²) in [6, 6.07) is 0. The molecule has 1 fully saturated rings. The second-order valence-corrected chi connectivity index (χ2v) is 3.75. The Balaban J connectivity index is 2.05. The van der Waals surface area contributed by atoms with Crippen molar-refractivity contribution in [2.24, 2.45) is 0 Å². The molecule has 1 N–H and O–H groups in total. The Morgan fingerprint density at radius 2 is 2.07 bits per heavy atom. The van der Waals surface area contributed by atoms with E-state index in [0.717, 1.165) is 19.6 Å². The summed E-state index contributed by atoms with van der Waals surface area (Å²) in [7, 11) is 0. The van der Waals surface area contributed by atoms with Crippen LogP contribution in [0.15, 0.2) is 0 Å². The van der Waals surface area contributed by atoms with Crippen molar-refractivity contribution < 1.29 is 14.6 Å². The molecular weight excluding hydrogens is 182 g/mol. The molecule has 1 heterocycles. The van der Waals surface area contributed by atoms with Gasteiger partial charge in [-0.2, -0.15) is 0 Å². The van der Waals surface area contributed by atoms with E-state index in [1.807, 2.05) is 0 Å². The summed E-state index contributed by atoms with van der Waals surface area (Å²) in [5.41, 5.74) is 0. The van der Waals surface area contributed by atoms with E-state index in [2.05, 4.69) is 4.90 Å². The van der Waals surface area contributed by atoms with Gasteiger partial charge in [-0.25, -0.2) is 4.79 Å². The van der Waals surface area contributed by atoms with Gasteiger partial charge in [0.2, 0.25) is 0 Å². The molecule has 1 aliphatic heterocycles. The predicted octanol–water partition coefficient (Wildman–Crippen LogP) is 0.962. The molecule has 0 radical (unpaired) electrons. The van der Waals surface area contributed by atoms with Gasteiger partial charge >= 0.3 is 5.97 Å². The minimum absolute atomic E-state index is 0.521. The Morgan fingerprint density at radius 1 is 1.43 bits per heavy atom. The Labute approximate surface area is 84.8 Å². The van der Waals surface area contributed by atoms with E-state index in [1.54, 1.807) is 6.92 Å². The summed E-state index contributed by atoms with van der Waals surface area (Å²) in [5, 5.41) is 8.58. The first-order chi connectivity index (χ1) is 6.70. The van der Waals surface area contributed by atoms with Crippen LogP contribution in [0.25, 0.3) is 0 Å². The number of aliphatic carboxylic acids is 1. The lowest BCUT2D eigenvalue weighted by atomic mass is 10.1. The highest BCUT2D eigenvalue weighted by molar-refractivity contribution is 5.71. The van der Waals surface area contributed by atoms with Crippen LogP contribution in [0.4, 0.5) is 0 Å². The largest absolute Gasteiger partial charge is 0.479 e. The van der Waals surface area contributed by atoms with E-state index in [-0.39, 0.29) is 0 Å². The van der Waals surface area contributed by atoms with Crippen molar-refractivity contribution >= 4 is 5.97 Å². The van der Waals surface area contributed by atoms with E-state index in [4.69, 9.17) is 9.84 Å². The molecule has 82 valence electrons. The van der Waals surface area contributed by atoms with Crippen LogP contribution in [-0.2, 0) is 9.53 Å². The number of rotatable bonds is 5. The number of hydrogen-bond acceptors (Lipinski definition) is 3. The average molecular weight is 201 g/mol. The fourth-order valence-corrected chi connectivity index (χ4v) is 1.61. The molecule has 0 aliphatic carbocycles. The monoisotopic (exact) mass is 201 g/mol. The first kappa shape index (κ1) is 11.5. The van der Waals surface area contributed by atoms with Crippen LogP contribution in [0.2, 0.25) is 0 Å². The minimum atomic E-state index is -0.886. The highest BCUT2D eigenvalue weighted by Gasteiger charge is 2.13. The number of carboxylic acid groups (broad SMARTS) is 1. The Bertz CT molecular complexity index is 178. The molecule has 1 rings (SSSR count). The summed E-state index contributed by atoms with van der Waals surface area (Å²) in [6.07, 6.45) is 3.16. The van der Waals surface area contributed by atoms with Crippen molar-refractivity contribution in [2.75, 3.05) is 26.2 Å². The number of likely N-dealkylation sites (tertiary alicyclic amines) is 1. The van der Waals surface area contributed by atoms with E-state index in [1.165, 1.54) is 19.3 Å². The Hall–Kier alpha value is -0.610. The quantitative estimate of drug-likeness (QED) is 0.720. The lowest BCUT2D eigenvalue weighted by Crippen LogP contribution is -2.34. The van der Waals surface area contributed by atoms with Gasteiger partial charge in [-0.3, -0.25) is 0 Å². The molecule has 1 atom stereocenters. The van der Waals surface area contributed by atoms with Gasteiger partial charge < -0.3 is 14.7 Å². The molecule has 0 bridgehead atoms. The molecule has 4 nitrogen and oxygen atoms in total. The van der Waals surface area contributed by atoms with Gasteiger partial charge in [0, 0.05) is 6.54 Å². The lowest BCUT2D eigenvalue weighted by Gasteiger charge is -2.26. The third-order valence-corrected chi connectivity index (χ3v) is 2.57. The second-order valence-electron chi connectivity index (χ2n) is 3.75. The van der Waals surface area contributed by atoms with Gasteiger partial charge in [-0.1, -0.05) is 6.42 Å². The molecule has 1 saturated heterocycles. The number of piperidine rings is 1. The van der Waals surface area contributed by atoms with E-state index >= 15 is 0 Å². The van der Waals surface area contributed by atoms with Crippen LogP contribution in [0, 0.1) is 0 Å². The third kappa shape index (κ3) is 4.07. The van der Waals surface area contributed by atoms with Gasteiger partial charge in [-0.05, 0) is 32.9 Å². The number of hydrogen-bond donors (Lipinski definition) is 1. The van der Waals surface area contributed by atoms with Crippen molar-refractivity contribution in [2.45, 2.75) is 32.3 Å². The predicted molar refractivity (Wildman–Crippen MR) is 53.3 cm³/mol. The Kier molecular flexibility index (Phi) is 4.90. The van der Waals surface area contributed by atoms with E-state index in [9.17, 15) is 4.79 Å². The molecule has 4 heteroatoms. The van der Waals surface area contributed by atoms with Gasteiger partial charge in [0.15, 0.2) is 6.10 Å². The van der Waals surface area contributed by atoms with Crippen molar-refractivity contribution in [3.8, 4) is 0 Å².